The van der Waals surface area contributed by atoms with Crippen molar-refractivity contribution in [3.05, 3.63) is 134 Å². The predicted molar refractivity (Wildman–Crippen MR) is 343 cm³/mol. The summed E-state index contributed by atoms with van der Waals surface area (Å²) in [6.45, 7) is 6.43. The summed E-state index contributed by atoms with van der Waals surface area (Å²) in [7, 11) is 0. The van der Waals surface area contributed by atoms with Gasteiger partial charge in [-0.05, 0) is 135 Å². The molecule has 448 valence electrons. The van der Waals surface area contributed by atoms with Crippen LogP contribution in [0.1, 0.15) is 290 Å². The molecule has 0 rings (SSSR count). The van der Waals surface area contributed by atoms with Gasteiger partial charge in [-0.3, -0.25) is 14.4 Å². The first-order chi connectivity index (χ1) is 39.0. The van der Waals surface area contributed by atoms with Gasteiger partial charge in [0.05, 0.1) is 0 Å². The Morgan fingerprint density at radius 3 is 0.823 bits per heavy atom. The van der Waals surface area contributed by atoms with Gasteiger partial charge in [0.15, 0.2) is 6.10 Å². The van der Waals surface area contributed by atoms with Crippen molar-refractivity contribution in [1.82, 2.24) is 0 Å². The van der Waals surface area contributed by atoms with Gasteiger partial charge in [-0.25, -0.2) is 0 Å². The van der Waals surface area contributed by atoms with E-state index in [4.69, 9.17) is 14.2 Å². The number of allylic oxidation sites excluding steroid dienone is 22. The van der Waals surface area contributed by atoms with Crippen LogP contribution in [0.2, 0.25) is 0 Å². The summed E-state index contributed by atoms with van der Waals surface area (Å²) in [6, 6.07) is 0. The molecule has 0 spiro atoms. The molecule has 0 N–H and O–H groups in total. The lowest BCUT2D eigenvalue weighted by Crippen LogP contribution is -2.30. The van der Waals surface area contributed by atoms with Crippen molar-refractivity contribution in [3.63, 3.8) is 0 Å². The Hall–Kier alpha value is -4.45. The van der Waals surface area contributed by atoms with Crippen molar-refractivity contribution in [3.8, 4) is 0 Å². The van der Waals surface area contributed by atoms with Crippen LogP contribution in [0.15, 0.2) is 134 Å². The maximum atomic E-state index is 12.9. The Bertz CT molecular complexity index is 1680. The van der Waals surface area contributed by atoms with Crippen LogP contribution in [0, 0.1) is 0 Å². The molecular formula is C73H120O6. The minimum Gasteiger partial charge on any atom is -0.462 e. The minimum absolute atomic E-state index is 0.0968. The van der Waals surface area contributed by atoms with E-state index in [1.165, 1.54) is 89.9 Å². The van der Waals surface area contributed by atoms with E-state index in [0.717, 1.165) is 161 Å². The van der Waals surface area contributed by atoms with Crippen molar-refractivity contribution in [2.24, 2.45) is 0 Å². The van der Waals surface area contributed by atoms with E-state index in [1.54, 1.807) is 0 Å². The summed E-state index contributed by atoms with van der Waals surface area (Å²) in [4.78, 5) is 38.3. The number of carbonyl (C=O) groups excluding carboxylic acids is 3. The summed E-state index contributed by atoms with van der Waals surface area (Å²) in [5, 5.41) is 0. The van der Waals surface area contributed by atoms with Gasteiger partial charge in [0.25, 0.3) is 0 Å². The van der Waals surface area contributed by atoms with Crippen LogP contribution in [-0.2, 0) is 28.6 Å². The van der Waals surface area contributed by atoms with E-state index in [9.17, 15) is 14.4 Å². The molecule has 0 radical (unpaired) electrons. The van der Waals surface area contributed by atoms with Gasteiger partial charge < -0.3 is 14.2 Å². The van der Waals surface area contributed by atoms with Gasteiger partial charge in [0.2, 0.25) is 0 Å². The molecule has 0 aromatic heterocycles. The zero-order valence-electron chi connectivity index (χ0n) is 51.3. The summed E-state index contributed by atoms with van der Waals surface area (Å²) in [5.74, 6) is -0.929. The average molecular weight is 1090 g/mol. The second-order valence-electron chi connectivity index (χ2n) is 21.3. The normalized spacial score (nSPS) is 13.0. The third-order valence-electron chi connectivity index (χ3n) is 13.6. The Kier molecular flexibility index (Phi) is 62.3. The summed E-state index contributed by atoms with van der Waals surface area (Å²) < 4.78 is 16.9. The fourth-order valence-electron chi connectivity index (χ4n) is 8.73. The highest BCUT2D eigenvalue weighted by atomic mass is 16.6. The summed E-state index contributed by atoms with van der Waals surface area (Å²) >= 11 is 0. The number of carbonyl (C=O) groups is 3. The molecule has 79 heavy (non-hydrogen) atoms. The number of esters is 3. The monoisotopic (exact) mass is 1090 g/mol. The summed E-state index contributed by atoms with van der Waals surface area (Å²) in [5.41, 5.74) is 0. The lowest BCUT2D eigenvalue weighted by Gasteiger charge is -2.18. The molecule has 0 saturated heterocycles. The molecule has 0 aliphatic rings. The van der Waals surface area contributed by atoms with Crippen molar-refractivity contribution >= 4 is 17.9 Å². The van der Waals surface area contributed by atoms with Crippen LogP contribution in [0.4, 0.5) is 0 Å². The first kappa shape index (κ1) is 74.5. The van der Waals surface area contributed by atoms with Gasteiger partial charge in [-0.1, -0.05) is 270 Å². The van der Waals surface area contributed by atoms with Crippen LogP contribution in [0.25, 0.3) is 0 Å². The highest BCUT2D eigenvalue weighted by molar-refractivity contribution is 5.71. The molecule has 1 atom stereocenters. The fraction of sp³-hybridized carbons (Fsp3) is 0.658. The molecule has 0 aliphatic heterocycles. The van der Waals surface area contributed by atoms with Gasteiger partial charge in [0.1, 0.15) is 13.2 Å². The van der Waals surface area contributed by atoms with Crippen molar-refractivity contribution in [2.75, 3.05) is 13.2 Å². The molecule has 6 heteroatoms. The molecule has 6 nitrogen and oxygen atoms in total. The van der Waals surface area contributed by atoms with Gasteiger partial charge in [0, 0.05) is 19.3 Å². The zero-order valence-corrected chi connectivity index (χ0v) is 51.3. The minimum atomic E-state index is -0.801. The van der Waals surface area contributed by atoms with E-state index in [1.807, 2.05) is 0 Å². The lowest BCUT2D eigenvalue weighted by molar-refractivity contribution is -0.167. The van der Waals surface area contributed by atoms with Crippen molar-refractivity contribution in [1.29, 1.82) is 0 Å². The Morgan fingerprint density at radius 1 is 0.266 bits per heavy atom. The molecule has 0 aliphatic carbocycles. The van der Waals surface area contributed by atoms with Crippen LogP contribution in [0.3, 0.4) is 0 Å². The highest BCUT2D eigenvalue weighted by Crippen LogP contribution is 2.15. The Morgan fingerprint density at radius 2 is 0.519 bits per heavy atom. The number of hydrogen-bond acceptors (Lipinski definition) is 6. The predicted octanol–water partition coefficient (Wildman–Crippen LogP) is 22.5. The smallest absolute Gasteiger partial charge is 0.306 e. The first-order valence-corrected chi connectivity index (χ1v) is 32.7. The topological polar surface area (TPSA) is 78.9 Å². The molecule has 1 unspecified atom stereocenters. The lowest BCUT2D eigenvalue weighted by atomic mass is 10.1. The SMILES string of the molecule is CC/C=C\C/C=C\C/C=C\C/C=C\C/C=C\C/C=C\CCCCCCCCC(=O)OCC(COC(=O)CCCCCCC/C=C\C/C=C\CCC)OC(=O)CCCCCCCCCC/C=C\C/C=C\C/C=C\CCCCCCC. The largest absolute Gasteiger partial charge is 0.462 e. The number of rotatable bonds is 58. The van der Waals surface area contributed by atoms with Gasteiger partial charge in [-0.15, -0.1) is 0 Å². The van der Waals surface area contributed by atoms with E-state index in [0.29, 0.717) is 19.3 Å². The molecule has 0 aromatic carbocycles. The van der Waals surface area contributed by atoms with E-state index in [2.05, 4.69) is 154 Å². The molecule has 0 saturated carbocycles. The van der Waals surface area contributed by atoms with E-state index < -0.39 is 6.10 Å². The van der Waals surface area contributed by atoms with E-state index >= 15 is 0 Å². The maximum Gasteiger partial charge on any atom is 0.306 e. The third kappa shape index (κ3) is 64.3. The van der Waals surface area contributed by atoms with Crippen molar-refractivity contribution < 1.29 is 28.6 Å². The number of ether oxygens (including phenoxy) is 3. The fourth-order valence-corrected chi connectivity index (χ4v) is 8.73. The molecule has 0 amide bonds. The van der Waals surface area contributed by atoms with Crippen molar-refractivity contribution in [2.45, 2.75) is 297 Å². The Labute approximate surface area is 487 Å². The molecular weight excluding hydrogens is 973 g/mol. The third-order valence-corrected chi connectivity index (χ3v) is 13.6. The molecule has 0 heterocycles. The number of unbranched alkanes of at least 4 members (excludes halogenated alkanes) is 25. The molecule has 0 fully saturated rings. The van der Waals surface area contributed by atoms with Crippen LogP contribution in [0.5, 0.6) is 0 Å². The average Bonchev–Trinajstić information content (AvgIpc) is 3.45. The van der Waals surface area contributed by atoms with E-state index in [-0.39, 0.29) is 31.1 Å². The first-order valence-electron chi connectivity index (χ1n) is 32.7. The molecule has 0 aromatic rings. The highest BCUT2D eigenvalue weighted by Gasteiger charge is 2.19. The Balaban J connectivity index is 4.41. The van der Waals surface area contributed by atoms with Crippen LogP contribution >= 0.6 is 0 Å². The van der Waals surface area contributed by atoms with Crippen LogP contribution < -0.4 is 0 Å². The zero-order chi connectivity index (χ0) is 57.1. The molecule has 0 bridgehead atoms. The van der Waals surface area contributed by atoms with Gasteiger partial charge in [-0.2, -0.15) is 0 Å². The van der Waals surface area contributed by atoms with Gasteiger partial charge >= 0.3 is 17.9 Å². The summed E-state index contributed by atoms with van der Waals surface area (Å²) in [6.07, 6.45) is 93.1. The second kappa shape index (κ2) is 66.1. The standard InChI is InChI=1S/C73H120O6/c1-4-7-10-13-16-19-22-25-27-29-31-33-35-36-38-39-41-43-45-48-51-54-57-60-63-66-72(75)78-69-70(68-77-71(74)65-62-59-56-53-50-47-24-21-18-15-12-9-6-3)79-73(76)67-64-61-58-55-52-49-46-44-42-40-37-34-32-30-28-26-23-20-17-14-11-8-5-2/h7,10,12,15-16,19,21,23-27,30-33,36-38,40-41,43,70H,4-6,8-9,11,13-14,17-18,20,22,28-29,34-35,39,42,44-69H2,1-3H3/b10-7-,15-12-,19-16-,24-21-,26-23-,27-25-,32-30-,33-31-,38-36-,40-37-,43-41-. The number of hydrogen-bond donors (Lipinski definition) is 0. The second-order valence-corrected chi connectivity index (χ2v) is 21.3. The van der Waals surface area contributed by atoms with Crippen LogP contribution in [-0.4, -0.2) is 37.2 Å². The maximum absolute atomic E-state index is 12.9. The quantitative estimate of drug-likeness (QED) is 0.0261.